The minimum Gasteiger partial charge on any atom is -0.495 e. The van der Waals surface area contributed by atoms with Crippen LogP contribution in [0.1, 0.15) is 5.56 Å². The molecule has 0 N–H and O–H groups in total. The molecular weight excluding hydrogens is 394 g/mol. The maximum Gasteiger partial charge on any atom is 0.236 e. The van der Waals surface area contributed by atoms with Gasteiger partial charge in [-0.05, 0) is 43.3 Å². The molecule has 1 saturated heterocycles. The molecule has 3 rings (SSSR count). The molecule has 1 fully saturated rings. The Morgan fingerprint density at radius 3 is 2.26 bits per heavy atom. The van der Waals surface area contributed by atoms with Gasteiger partial charge in [0.25, 0.3) is 0 Å². The van der Waals surface area contributed by atoms with Crippen LogP contribution < -0.4 is 19.1 Å². The second-order valence-electron chi connectivity index (χ2n) is 7.72. The molecule has 1 aliphatic heterocycles. The molecule has 2 aromatic rings. The van der Waals surface area contributed by atoms with Crippen molar-refractivity contribution in [2.45, 2.75) is 6.42 Å². The fraction of sp³-hybridized carbons (Fsp3) is 0.458. The zero-order chi connectivity index (χ0) is 22.2. The molecule has 31 heavy (non-hydrogen) atoms. The summed E-state index contributed by atoms with van der Waals surface area (Å²) >= 11 is 0. The highest BCUT2D eigenvalue weighted by Gasteiger charge is 2.23. The summed E-state index contributed by atoms with van der Waals surface area (Å²) in [6.45, 7) is 4.27. The molecule has 0 aromatic heterocycles. The Kier molecular flexibility index (Phi) is 8.00. The molecule has 0 aliphatic carbocycles. The number of ether oxygens (including phenoxy) is 3. The fourth-order valence-electron chi connectivity index (χ4n) is 3.85. The van der Waals surface area contributed by atoms with Crippen molar-refractivity contribution in [1.82, 2.24) is 9.80 Å². The van der Waals surface area contributed by atoms with Crippen molar-refractivity contribution in [3.8, 4) is 17.2 Å². The minimum atomic E-state index is 0.175. The summed E-state index contributed by atoms with van der Waals surface area (Å²) in [5.41, 5.74) is 2.24. The summed E-state index contributed by atoms with van der Waals surface area (Å²) in [4.78, 5) is 19.1. The lowest BCUT2D eigenvalue weighted by Gasteiger charge is -2.37. The van der Waals surface area contributed by atoms with Crippen LogP contribution in [0.15, 0.2) is 42.5 Å². The van der Waals surface area contributed by atoms with Gasteiger partial charge in [0, 0.05) is 32.7 Å². The van der Waals surface area contributed by atoms with Crippen LogP contribution in [0.5, 0.6) is 17.2 Å². The standard InChI is InChI=1S/C24H33N3O4/c1-25(12-11-19-9-10-22(30-3)23(17-19)31-4)18-24(28)27-15-13-26(14-16-27)20-7-5-6-8-21(20)29-2/h5-10,17H,11-16,18H2,1-4H3. The van der Waals surface area contributed by atoms with E-state index in [4.69, 9.17) is 14.2 Å². The van der Waals surface area contributed by atoms with Crippen molar-refractivity contribution in [2.24, 2.45) is 0 Å². The SMILES string of the molecule is COc1ccc(CCN(C)CC(=O)N2CCN(c3ccccc3OC)CC2)cc1OC. The Labute approximate surface area is 185 Å². The number of carbonyl (C=O) groups is 1. The highest BCUT2D eigenvalue weighted by molar-refractivity contribution is 5.78. The van der Waals surface area contributed by atoms with E-state index in [-0.39, 0.29) is 5.91 Å². The molecule has 7 nitrogen and oxygen atoms in total. The number of hydrogen-bond acceptors (Lipinski definition) is 6. The van der Waals surface area contributed by atoms with Crippen LogP contribution in [0.3, 0.4) is 0 Å². The van der Waals surface area contributed by atoms with E-state index in [2.05, 4.69) is 15.9 Å². The molecule has 1 heterocycles. The van der Waals surface area contributed by atoms with Gasteiger partial charge in [-0.1, -0.05) is 18.2 Å². The van der Waals surface area contributed by atoms with E-state index in [1.54, 1.807) is 21.3 Å². The van der Waals surface area contributed by atoms with Crippen molar-refractivity contribution in [2.75, 3.05) is 72.5 Å². The molecule has 7 heteroatoms. The maximum atomic E-state index is 12.8. The first-order valence-electron chi connectivity index (χ1n) is 10.6. The third kappa shape index (κ3) is 5.82. The van der Waals surface area contributed by atoms with Crippen LogP contribution in [0, 0.1) is 0 Å². The van der Waals surface area contributed by atoms with Crippen LogP contribution in [-0.4, -0.2) is 83.4 Å². The van der Waals surface area contributed by atoms with Crippen LogP contribution >= 0.6 is 0 Å². The molecule has 2 aromatic carbocycles. The first-order chi connectivity index (χ1) is 15.0. The normalized spacial score (nSPS) is 14.0. The molecule has 0 spiro atoms. The van der Waals surface area contributed by atoms with E-state index in [0.29, 0.717) is 6.54 Å². The van der Waals surface area contributed by atoms with Crippen molar-refractivity contribution in [3.05, 3.63) is 48.0 Å². The summed E-state index contributed by atoms with van der Waals surface area (Å²) in [6.07, 6.45) is 0.839. The Balaban J connectivity index is 1.46. The largest absolute Gasteiger partial charge is 0.495 e. The van der Waals surface area contributed by atoms with Gasteiger partial charge in [0.15, 0.2) is 11.5 Å². The van der Waals surface area contributed by atoms with Crippen molar-refractivity contribution >= 4 is 11.6 Å². The molecule has 0 atom stereocenters. The van der Waals surface area contributed by atoms with Crippen LogP contribution in [0.2, 0.25) is 0 Å². The molecule has 0 saturated carbocycles. The van der Waals surface area contributed by atoms with Gasteiger partial charge in [-0.25, -0.2) is 0 Å². The second kappa shape index (κ2) is 10.9. The van der Waals surface area contributed by atoms with Crippen LogP contribution in [0.4, 0.5) is 5.69 Å². The first kappa shape index (κ1) is 22.7. The van der Waals surface area contributed by atoms with E-state index in [9.17, 15) is 4.79 Å². The quantitative estimate of drug-likeness (QED) is 0.613. The van der Waals surface area contributed by atoms with Gasteiger partial charge >= 0.3 is 0 Å². The number of anilines is 1. The highest BCUT2D eigenvalue weighted by Crippen LogP contribution is 2.29. The predicted octanol–water partition coefficient (Wildman–Crippen LogP) is 2.54. The third-order valence-electron chi connectivity index (χ3n) is 5.69. The van der Waals surface area contributed by atoms with Crippen molar-refractivity contribution in [3.63, 3.8) is 0 Å². The van der Waals surface area contributed by atoms with Crippen LogP contribution in [-0.2, 0) is 11.2 Å². The molecule has 1 aliphatic rings. The Morgan fingerprint density at radius 2 is 1.58 bits per heavy atom. The maximum absolute atomic E-state index is 12.8. The number of nitrogens with zero attached hydrogens (tertiary/aromatic N) is 3. The van der Waals surface area contributed by atoms with Crippen molar-refractivity contribution < 1.29 is 19.0 Å². The van der Waals surface area contributed by atoms with Gasteiger partial charge in [-0.3, -0.25) is 9.69 Å². The smallest absolute Gasteiger partial charge is 0.236 e. The summed E-state index contributed by atoms with van der Waals surface area (Å²) < 4.78 is 16.1. The lowest BCUT2D eigenvalue weighted by molar-refractivity contribution is -0.132. The van der Waals surface area contributed by atoms with Crippen LogP contribution in [0.25, 0.3) is 0 Å². The number of benzene rings is 2. The van der Waals surface area contributed by atoms with Gasteiger partial charge in [0.05, 0.1) is 33.6 Å². The average Bonchev–Trinajstić information content (AvgIpc) is 2.82. The number of piperazine rings is 1. The topological polar surface area (TPSA) is 54.5 Å². The number of hydrogen-bond donors (Lipinski definition) is 0. The van der Waals surface area contributed by atoms with Crippen molar-refractivity contribution in [1.29, 1.82) is 0 Å². The molecular formula is C24H33N3O4. The zero-order valence-corrected chi connectivity index (χ0v) is 19.0. The number of carbonyl (C=O) groups excluding carboxylic acids is 1. The molecule has 0 unspecified atom stereocenters. The highest BCUT2D eigenvalue weighted by atomic mass is 16.5. The number of amides is 1. The third-order valence-corrected chi connectivity index (χ3v) is 5.69. The fourth-order valence-corrected chi connectivity index (χ4v) is 3.85. The van der Waals surface area contributed by atoms with E-state index in [0.717, 1.165) is 67.6 Å². The van der Waals surface area contributed by atoms with Gasteiger partial charge in [-0.15, -0.1) is 0 Å². The number of methoxy groups -OCH3 is 3. The molecule has 0 radical (unpaired) electrons. The summed E-state index contributed by atoms with van der Waals surface area (Å²) in [5, 5.41) is 0. The number of rotatable bonds is 9. The Morgan fingerprint density at radius 1 is 0.903 bits per heavy atom. The van der Waals surface area contributed by atoms with Gasteiger partial charge in [0.1, 0.15) is 5.75 Å². The summed E-state index contributed by atoms with van der Waals surface area (Å²) in [7, 11) is 6.95. The predicted molar refractivity (Wildman–Crippen MR) is 123 cm³/mol. The molecule has 168 valence electrons. The molecule has 0 bridgehead atoms. The van der Waals surface area contributed by atoms with Gasteiger partial charge < -0.3 is 24.0 Å². The second-order valence-corrected chi connectivity index (χ2v) is 7.72. The van der Waals surface area contributed by atoms with Gasteiger partial charge in [-0.2, -0.15) is 0 Å². The lowest BCUT2D eigenvalue weighted by atomic mass is 10.1. The average molecular weight is 428 g/mol. The first-order valence-corrected chi connectivity index (χ1v) is 10.6. The summed E-state index contributed by atoms with van der Waals surface area (Å²) in [6, 6.07) is 14.0. The van der Waals surface area contributed by atoms with E-state index < -0.39 is 0 Å². The number of para-hydroxylation sites is 2. The zero-order valence-electron chi connectivity index (χ0n) is 19.0. The molecule has 1 amide bonds. The minimum absolute atomic E-state index is 0.175. The van der Waals surface area contributed by atoms with E-state index >= 15 is 0 Å². The monoisotopic (exact) mass is 427 g/mol. The van der Waals surface area contributed by atoms with E-state index in [1.165, 1.54) is 0 Å². The Hall–Kier alpha value is -2.93. The summed E-state index contributed by atoms with van der Waals surface area (Å²) in [5.74, 6) is 2.50. The lowest BCUT2D eigenvalue weighted by Crippen LogP contribution is -2.51. The van der Waals surface area contributed by atoms with Gasteiger partial charge in [0.2, 0.25) is 5.91 Å². The number of likely N-dealkylation sites (N-methyl/N-ethyl adjacent to an activating group) is 1. The Bertz CT molecular complexity index is 866. The van der Waals surface area contributed by atoms with E-state index in [1.807, 2.05) is 48.3 Å².